The number of carbonyl (C=O) groups excluding carboxylic acids is 2. The Kier molecular flexibility index (Phi) is 9.89. The summed E-state index contributed by atoms with van der Waals surface area (Å²) in [4.78, 5) is 29.4. The molecule has 0 saturated heterocycles. The van der Waals surface area contributed by atoms with Crippen LogP contribution in [0.5, 0.6) is 0 Å². The van der Waals surface area contributed by atoms with Crippen molar-refractivity contribution in [1.82, 2.24) is 13.9 Å². The van der Waals surface area contributed by atoms with Gasteiger partial charge in [-0.1, -0.05) is 29.8 Å². The number of aromatic nitrogens is 2. The lowest BCUT2D eigenvalue weighted by atomic mass is 10.2. The molecule has 0 saturated carbocycles. The van der Waals surface area contributed by atoms with E-state index in [9.17, 15) is 31.2 Å². The van der Waals surface area contributed by atoms with E-state index in [1.807, 2.05) is 0 Å². The van der Waals surface area contributed by atoms with Crippen molar-refractivity contribution in [1.29, 1.82) is 0 Å². The number of rotatable bonds is 7. The van der Waals surface area contributed by atoms with Crippen molar-refractivity contribution < 1.29 is 40.7 Å². The lowest BCUT2D eigenvalue weighted by Crippen LogP contribution is -2.44. The van der Waals surface area contributed by atoms with Crippen LogP contribution in [0.4, 0.5) is 18.0 Å². The molecule has 1 aromatic carbocycles. The molecule has 0 aliphatic heterocycles. The lowest BCUT2D eigenvalue weighted by molar-refractivity contribution is -0.154. The van der Waals surface area contributed by atoms with Crippen molar-refractivity contribution in [3.8, 4) is 0 Å². The SMILES string of the molecule is Cn1c(Sc2ncc(C(F)(F)F)cc2Cl)c(/C=C/S(=O)(=O)N(CC(=O)OC(C)(C)C)C(=O)OC(C)(C)C)c2ccccc21. The molecule has 3 rings (SSSR count). The molecule has 2 aromatic heterocycles. The van der Waals surface area contributed by atoms with Crippen molar-refractivity contribution in [3.05, 3.63) is 58.1 Å². The number of alkyl halides is 3. The highest BCUT2D eigenvalue weighted by atomic mass is 35.5. The zero-order valence-corrected chi connectivity index (χ0v) is 26.8. The van der Waals surface area contributed by atoms with Gasteiger partial charge in [-0.25, -0.2) is 18.2 Å². The first-order valence-electron chi connectivity index (χ1n) is 12.7. The van der Waals surface area contributed by atoms with Gasteiger partial charge in [-0.05, 0) is 71.5 Å². The largest absolute Gasteiger partial charge is 0.459 e. The predicted molar refractivity (Wildman–Crippen MR) is 158 cm³/mol. The molecule has 15 heteroatoms. The third kappa shape index (κ3) is 8.89. The minimum absolute atomic E-state index is 0.0541. The van der Waals surface area contributed by atoms with E-state index in [1.54, 1.807) is 77.4 Å². The van der Waals surface area contributed by atoms with Crippen LogP contribution in [0.15, 0.2) is 52.0 Å². The molecule has 43 heavy (non-hydrogen) atoms. The summed E-state index contributed by atoms with van der Waals surface area (Å²) in [5.41, 5.74) is -2.01. The number of carbonyl (C=O) groups is 2. The Morgan fingerprint density at radius 3 is 2.23 bits per heavy atom. The third-order valence-corrected chi connectivity index (χ3v) is 8.40. The Hall–Kier alpha value is -3.23. The number of hydrogen-bond donors (Lipinski definition) is 0. The third-order valence-electron chi connectivity index (χ3n) is 5.42. The zero-order chi connectivity index (χ0) is 32.5. The van der Waals surface area contributed by atoms with Crippen LogP contribution >= 0.6 is 23.4 Å². The molecule has 0 fully saturated rings. The van der Waals surface area contributed by atoms with Crippen molar-refractivity contribution in [2.45, 2.75) is 69.0 Å². The molecule has 3 aromatic rings. The standard InChI is InChI=1S/C28H31ClF3N3O6S2/c1-26(2,3)40-22(36)16-35(25(37)41-27(4,5)6)43(38,39)13-12-19-18-10-8-9-11-21(18)34(7)24(19)42-23-20(29)14-17(15-33-23)28(30,31)32/h8-15H,16H2,1-7H3/b13-12+. The fraction of sp³-hybridized carbons (Fsp3) is 0.393. The summed E-state index contributed by atoms with van der Waals surface area (Å²) >= 11 is 7.08. The molecular weight excluding hydrogens is 631 g/mol. The number of hydrogen-bond acceptors (Lipinski definition) is 8. The summed E-state index contributed by atoms with van der Waals surface area (Å²) in [6.45, 7) is 8.45. The molecule has 0 aliphatic carbocycles. The Morgan fingerprint density at radius 2 is 1.67 bits per heavy atom. The van der Waals surface area contributed by atoms with Crippen LogP contribution in [-0.4, -0.2) is 52.1 Å². The number of halogens is 4. The van der Waals surface area contributed by atoms with Crippen LogP contribution in [0, 0.1) is 0 Å². The minimum atomic E-state index is -4.64. The van der Waals surface area contributed by atoms with Gasteiger partial charge in [0.15, 0.2) is 0 Å². The first-order chi connectivity index (χ1) is 19.6. The van der Waals surface area contributed by atoms with Gasteiger partial charge >= 0.3 is 18.2 Å². The molecule has 1 amide bonds. The Labute approximate surface area is 257 Å². The fourth-order valence-electron chi connectivity index (χ4n) is 3.72. The van der Waals surface area contributed by atoms with Crippen LogP contribution in [0.3, 0.4) is 0 Å². The quantitative estimate of drug-likeness (QED) is 0.243. The average Bonchev–Trinajstić information content (AvgIpc) is 3.10. The molecule has 9 nitrogen and oxygen atoms in total. The van der Waals surface area contributed by atoms with Gasteiger partial charge in [-0.2, -0.15) is 17.5 Å². The fourth-order valence-corrected chi connectivity index (χ4v) is 5.96. The van der Waals surface area contributed by atoms with Gasteiger partial charge in [-0.3, -0.25) is 4.79 Å². The Balaban J connectivity index is 2.08. The first kappa shape index (κ1) is 34.3. The molecule has 0 N–H and O–H groups in total. The molecular formula is C28H31ClF3N3O6S2. The topological polar surface area (TPSA) is 108 Å². The van der Waals surface area contributed by atoms with Gasteiger partial charge in [0.2, 0.25) is 0 Å². The van der Waals surface area contributed by atoms with E-state index >= 15 is 0 Å². The summed E-state index contributed by atoms with van der Waals surface area (Å²) in [6.07, 6.45) is -4.03. The number of benzene rings is 1. The van der Waals surface area contributed by atoms with Crippen molar-refractivity contribution >= 4 is 62.4 Å². The molecule has 0 spiro atoms. The monoisotopic (exact) mass is 661 g/mol. The second-order valence-corrected chi connectivity index (χ2v) is 14.5. The summed E-state index contributed by atoms with van der Waals surface area (Å²) in [7, 11) is -2.95. The van der Waals surface area contributed by atoms with E-state index in [4.69, 9.17) is 21.1 Å². The molecule has 0 atom stereocenters. The molecule has 0 bridgehead atoms. The zero-order valence-electron chi connectivity index (χ0n) is 24.4. The van der Waals surface area contributed by atoms with Gasteiger partial charge in [-0.15, -0.1) is 0 Å². The van der Waals surface area contributed by atoms with Crippen LogP contribution in [0.2, 0.25) is 5.02 Å². The number of amides is 1. The Morgan fingerprint density at radius 1 is 1.07 bits per heavy atom. The second-order valence-electron chi connectivity index (χ2n) is 11.3. The van der Waals surface area contributed by atoms with Crippen LogP contribution in [0.1, 0.15) is 52.7 Å². The maximum absolute atomic E-state index is 13.5. The van der Waals surface area contributed by atoms with Gasteiger partial charge in [0.1, 0.15) is 22.8 Å². The number of sulfonamides is 1. The smallest absolute Gasteiger partial charge is 0.424 e. The van der Waals surface area contributed by atoms with Gasteiger partial charge in [0.05, 0.1) is 21.0 Å². The number of aryl methyl sites for hydroxylation is 1. The number of nitrogens with zero attached hydrogens (tertiary/aromatic N) is 3. The number of fused-ring (bicyclic) bond motifs is 1. The highest BCUT2D eigenvalue weighted by molar-refractivity contribution is 7.99. The summed E-state index contributed by atoms with van der Waals surface area (Å²) in [5, 5.41) is 1.55. The van der Waals surface area contributed by atoms with Crippen LogP contribution in [-0.2, 0) is 37.5 Å². The van der Waals surface area contributed by atoms with E-state index in [1.165, 1.54) is 6.08 Å². The minimum Gasteiger partial charge on any atom is -0.459 e. The highest BCUT2D eigenvalue weighted by Gasteiger charge is 2.34. The van der Waals surface area contributed by atoms with E-state index in [0.29, 0.717) is 27.7 Å². The van der Waals surface area contributed by atoms with E-state index < -0.39 is 51.6 Å². The van der Waals surface area contributed by atoms with Crippen molar-refractivity contribution in [3.63, 3.8) is 0 Å². The maximum Gasteiger partial charge on any atom is 0.424 e. The molecule has 234 valence electrons. The number of para-hydroxylation sites is 1. The van der Waals surface area contributed by atoms with Crippen LogP contribution < -0.4 is 0 Å². The normalized spacial score (nSPS) is 13.0. The lowest BCUT2D eigenvalue weighted by Gasteiger charge is -2.27. The summed E-state index contributed by atoms with van der Waals surface area (Å²) in [6, 6.07) is 7.73. The van der Waals surface area contributed by atoms with Gasteiger partial charge in [0.25, 0.3) is 10.0 Å². The van der Waals surface area contributed by atoms with Gasteiger partial charge < -0.3 is 14.0 Å². The van der Waals surface area contributed by atoms with Crippen molar-refractivity contribution in [2.75, 3.05) is 6.54 Å². The van der Waals surface area contributed by atoms with E-state index in [2.05, 4.69) is 4.98 Å². The summed E-state index contributed by atoms with van der Waals surface area (Å²) < 4.78 is 78.9. The maximum atomic E-state index is 13.5. The Bertz CT molecular complexity index is 1670. The second kappa shape index (κ2) is 12.4. The van der Waals surface area contributed by atoms with Crippen molar-refractivity contribution in [2.24, 2.45) is 7.05 Å². The van der Waals surface area contributed by atoms with E-state index in [-0.39, 0.29) is 14.4 Å². The number of esters is 1. The number of ether oxygens (including phenoxy) is 2. The van der Waals surface area contributed by atoms with Gasteiger partial charge in [0, 0.05) is 29.7 Å². The molecule has 0 unspecified atom stereocenters. The predicted octanol–water partition coefficient (Wildman–Crippen LogP) is 7.28. The van der Waals surface area contributed by atoms with E-state index in [0.717, 1.165) is 23.2 Å². The number of pyridine rings is 1. The summed E-state index contributed by atoms with van der Waals surface area (Å²) in [5.74, 6) is -0.972. The molecule has 0 radical (unpaired) electrons. The molecule has 0 aliphatic rings. The first-order valence-corrected chi connectivity index (χ1v) is 15.4. The van der Waals surface area contributed by atoms with Crippen LogP contribution in [0.25, 0.3) is 17.0 Å². The average molecular weight is 662 g/mol. The molecule has 2 heterocycles. The highest BCUT2D eigenvalue weighted by Crippen LogP contribution is 2.41.